The van der Waals surface area contributed by atoms with Crippen molar-refractivity contribution in [3.05, 3.63) is 47.8 Å². The lowest BCUT2D eigenvalue weighted by Crippen LogP contribution is -2.26. The van der Waals surface area contributed by atoms with Gasteiger partial charge in [-0.1, -0.05) is 18.2 Å². The number of hydrogen-bond donors (Lipinski definition) is 0. The van der Waals surface area contributed by atoms with Crippen LogP contribution in [-0.4, -0.2) is 42.7 Å². The van der Waals surface area contributed by atoms with Crippen molar-refractivity contribution >= 4 is 21.4 Å². The summed E-state index contributed by atoms with van der Waals surface area (Å²) in [6.07, 6.45) is 2.08. The van der Waals surface area contributed by atoms with Gasteiger partial charge in [0, 0.05) is 18.4 Å². The molecule has 23 heavy (non-hydrogen) atoms. The fourth-order valence-corrected chi connectivity index (χ4v) is 4.61. The van der Waals surface area contributed by atoms with E-state index in [1.54, 1.807) is 16.6 Å². The zero-order valence-corrected chi connectivity index (χ0v) is 14.0. The molecule has 1 saturated heterocycles. The quantitative estimate of drug-likeness (QED) is 0.859. The number of amides is 1. The van der Waals surface area contributed by atoms with Gasteiger partial charge in [-0.25, -0.2) is 8.42 Å². The van der Waals surface area contributed by atoms with Crippen molar-refractivity contribution in [3.8, 4) is 0 Å². The molecule has 0 bridgehead atoms. The smallest absolute Gasteiger partial charge is 0.261 e. The molecule has 1 amide bonds. The van der Waals surface area contributed by atoms with E-state index in [4.69, 9.17) is 0 Å². The number of benzene rings is 1. The molecule has 7 heteroatoms. The van der Waals surface area contributed by atoms with Crippen molar-refractivity contribution in [2.24, 2.45) is 0 Å². The van der Waals surface area contributed by atoms with E-state index in [1.807, 2.05) is 37.3 Å². The molecule has 0 spiro atoms. The van der Waals surface area contributed by atoms with Gasteiger partial charge in [0.15, 0.2) is 9.84 Å². The Hall–Kier alpha value is -2.15. The van der Waals surface area contributed by atoms with Gasteiger partial charge in [0.05, 0.1) is 29.3 Å². The maximum Gasteiger partial charge on any atom is 0.261 e. The van der Waals surface area contributed by atoms with E-state index in [-0.39, 0.29) is 23.5 Å². The molecular weight excluding hydrogens is 314 g/mol. The Morgan fingerprint density at radius 1 is 1.30 bits per heavy atom. The highest BCUT2D eigenvalue weighted by atomic mass is 32.2. The topological polar surface area (TPSA) is 72.3 Å². The van der Waals surface area contributed by atoms with Crippen LogP contribution in [0.15, 0.2) is 36.5 Å². The van der Waals surface area contributed by atoms with Crippen LogP contribution in [-0.2, 0) is 9.84 Å². The average molecular weight is 333 g/mol. The number of carbonyl (C=O) groups is 1. The summed E-state index contributed by atoms with van der Waals surface area (Å²) in [7, 11) is -1.27. The van der Waals surface area contributed by atoms with Crippen LogP contribution >= 0.6 is 0 Å². The summed E-state index contributed by atoms with van der Waals surface area (Å²) >= 11 is 0. The van der Waals surface area contributed by atoms with Crippen LogP contribution in [0.1, 0.15) is 28.5 Å². The molecule has 1 unspecified atom stereocenters. The Bertz CT molecular complexity index is 828. The summed E-state index contributed by atoms with van der Waals surface area (Å²) in [4.78, 5) is 14.2. The standard InChI is InChI=1S/C16H19N3O3S/c1-12-15(16(20)18(2)13-6-4-3-5-7-13)10-17-19(12)14-8-9-23(21,22)11-14/h3-7,10,14H,8-9,11H2,1-2H3. The van der Waals surface area contributed by atoms with Crippen LogP contribution in [0.2, 0.25) is 0 Å². The normalized spacial score (nSPS) is 19.7. The van der Waals surface area contributed by atoms with E-state index in [9.17, 15) is 13.2 Å². The van der Waals surface area contributed by atoms with Crippen LogP contribution < -0.4 is 4.90 Å². The van der Waals surface area contributed by atoms with E-state index >= 15 is 0 Å². The third-order valence-electron chi connectivity index (χ3n) is 4.28. The van der Waals surface area contributed by atoms with Crippen LogP contribution in [0.3, 0.4) is 0 Å². The fourth-order valence-electron chi connectivity index (χ4n) is 2.92. The van der Waals surface area contributed by atoms with Crippen LogP contribution in [0.5, 0.6) is 0 Å². The zero-order valence-electron chi connectivity index (χ0n) is 13.1. The Morgan fingerprint density at radius 2 is 2.00 bits per heavy atom. The second kappa shape index (κ2) is 5.81. The number of anilines is 1. The van der Waals surface area contributed by atoms with Crippen molar-refractivity contribution in [2.45, 2.75) is 19.4 Å². The van der Waals surface area contributed by atoms with Gasteiger partial charge in [-0.05, 0) is 25.5 Å². The Morgan fingerprint density at radius 3 is 2.61 bits per heavy atom. The summed E-state index contributed by atoms with van der Waals surface area (Å²) in [5, 5.41) is 4.27. The third kappa shape index (κ3) is 3.01. The number of hydrogen-bond acceptors (Lipinski definition) is 4. The van der Waals surface area contributed by atoms with Gasteiger partial charge in [0.2, 0.25) is 0 Å². The van der Waals surface area contributed by atoms with E-state index in [0.29, 0.717) is 17.7 Å². The molecule has 0 radical (unpaired) electrons. The predicted octanol–water partition coefficient (Wildman–Crippen LogP) is 1.83. The van der Waals surface area contributed by atoms with Gasteiger partial charge in [-0.3, -0.25) is 9.48 Å². The highest BCUT2D eigenvalue weighted by Gasteiger charge is 2.31. The summed E-state index contributed by atoms with van der Waals surface area (Å²) in [5.41, 5.74) is 2.01. The number of rotatable bonds is 3. The van der Waals surface area contributed by atoms with Crippen LogP contribution in [0, 0.1) is 6.92 Å². The monoisotopic (exact) mass is 333 g/mol. The lowest BCUT2D eigenvalue weighted by molar-refractivity contribution is 0.0992. The Balaban J connectivity index is 1.86. The first-order chi connectivity index (χ1) is 10.9. The first kappa shape index (κ1) is 15.7. The molecule has 1 fully saturated rings. The largest absolute Gasteiger partial charge is 0.311 e. The van der Waals surface area contributed by atoms with Gasteiger partial charge in [-0.2, -0.15) is 5.10 Å². The zero-order chi connectivity index (χ0) is 16.6. The number of sulfone groups is 1. The first-order valence-electron chi connectivity index (χ1n) is 7.47. The van der Waals surface area contributed by atoms with E-state index in [2.05, 4.69) is 5.10 Å². The molecule has 122 valence electrons. The van der Waals surface area contributed by atoms with Gasteiger partial charge >= 0.3 is 0 Å². The minimum absolute atomic E-state index is 0.0949. The predicted molar refractivity (Wildman–Crippen MR) is 88.4 cm³/mol. The van der Waals surface area contributed by atoms with Crippen molar-refractivity contribution in [1.29, 1.82) is 0 Å². The molecule has 1 atom stereocenters. The van der Waals surface area contributed by atoms with Crippen molar-refractivity contribution in [1.82, 2.24) is 9.78 Å². The Kier molecular flexibility index (Phi) is 3.97. The summed E-state index contributed by atoms with van der Waals surface area (Å²) in [6, 6.07) is 9.19. The third-order valence-corrected chi connectivity index (χ3v) is 6.03. The molecule has 1 aliphatic rings. The van der Waals surface area contributed by atoms with Crippen molar-refractivity contribution in [3.63, 3.8) is 0 Å². The second-order valence-corrected chi connectivity index (χ2v) is 8.07. The van der Waals surface area contributed by atoms with Gasteiger partial charge in [-0.15, -0.1) is 0 Å². The van der Waals surface area contributed by atoms with Crippen molar-refractivity contribution in [2.75, 3.05) is 23.5 Å². The summed E-state index contributed by atoms with van der Waals surface area (Å²) in [6.45, 7) is 1.81. The molecule has 6 nitrogen and oxygen atoms in total. The van der Waals surface area contributed by atoms with Gasteiger partial charge in [0.25, 0.3) is 5.91 Å². The first-order valence-corrected chi connectivity index (χ1v) is 9.29. The molecular formula is C16H19N3O3S. The van der Waals surface area contributed by atoms with Gasteiger partial charge < -0.3 is 4.90 Å². The van der Waals surface area contributed by atoms with E-state index in [0.717, 1.165) is 5.69 Å². The number of carbonyl (C=O) groups excluding carboxylic acids is 1. The lowest BCUT2D eigenvalue weighted by atomic mass is 10.2. The SMILES string of the molecule is Cc1c(C(=O)N(C)c2ccccc2)cnn1C1CCS(=O)(=O)C1. The summed E-state index contributed by atoms with van der Waals surface area (Å²) < 4.78 is 25.0. The molecule has 1 aliphatic heterocycles. The minimum atomic E-state index is -2.99. The number of para-hydroxylation sites is 1. The summed E-state index contributed by atoms with van der Waals surface area (Å²) in [5.74, 6) is 0.128. The second-order valence-electron chi connectivity index (χ2n) is 5.84. The fraction of sp³-hybridized carbons (Fsp3) is 0.375. The average Bonchev–Trinajstić information content (AvgIpc) is 3.09. The van der Waals surface area contributed by atoms with E-state index in [1.165, 1.54) is 6.20 Å². The van der Waals surface area contributed by atoms with Crippen molar-refractivity contribution < 1.29 is 13.2 Å². The molecule has 1 aromatic carbocycles. The maximum absolute atomic E-state index is 12.7. The molecule has 0 saturated carbocycles. The molecule has 0 aliphatic carbocycles. The lowest BCUT2D eigenvalue weighted by Gasteiger charge is -2.17. The number of nitrogens with zero attached hydrogens (tertiary/aromatic N) is 3. The minimum Gasteiger partial charge on any atom is -0.311 e. The van der Waals surface area contributed by atoms with Gasteiger partial charge in [0.1, 0.15) is 0 Å². The maximum atomic E-state index is 12.7. The highest BCUT2D eigenvalue weighted by Crippen LogP contribution is 2.26. The molecule has 0 N–H and O–H groups in total. The van der Waals surface area contributed by atoms with Crippen LogP contribution in [0.4, 0.5) is 5.69 Å². The van der Waals surface area contributed by atoms with E-state index < -0.39 is 9.84 Å². The van der Waals surface area contributed by atoms with Crippen LogP contribution in [0.25, 0.3) is 0 Å². The Labute approximate surface area is 135 Å². The molecule has 2 heterocycles. The highest BCUT2D eigenvalue weighted by molar-refractivity contribution is 7.91. The molecule has 1 aromatic heterocycles. The molecule has 3 rings (SSSR count). The number of aromatic nitrogens is 2. The molecule has 2 aromatic rings.